The first kappa shape index (κ1) is 32.1. The zero-order valence-electron chi connectivity index (χ0n) is 28.5. The molecule has 0 bridgehead atoms. The minimum atomic E-state index is -1.42. The first-order chi connectivity index (χ1) is 23.0. The standard InChI is InChI=1S/C40H49FN4O3/c1-26-4-6-27(7-5-26)24-43-16-18-44(19-17-43)25-36(47)40(48)15-14-33-32-13-8-29-20-34-28(23-42-45(34)31-11-9-30(41)10-12-31)21-38(29,2)37(32)35(46)22-39(33,40)3/h4-7,9-12,20,23,32-33,35,37,46,48H,8,13-19,21-22,24-25H2,1-3H3/t32?,33?,35-,37?,38-,39-,40-/m0/s1. The second-order valence-corrected chi connectivity index (χ2v) is 16.1. The number of halogens is 1. The van der Waals surface area contributed by atoms with Gasteiger partial charge >= 0.3 is 0 Å². The summed E-state index contributed by atoms with van der Waals surface area (Å²) in [6.45, 7) is 11.1. The van der Waals surface area contributed by atoms with Crippen molar-refractivity contribution in [2.75, 3.05) is 32.7 Å². The highest BCUT2D eigenvalue weighted by molar-refractivity contribution is 5.90. The Morgan fingerprint density at radius 1 is 1.00 bits per heavy atom. The summed E-state index contributed by atoms with van der Waals surface area (Å²) in [6.07, 6.45) is 7.97. The van der Waals surface area contributed by atoms with Gasteiger partial charge in [0.05, 0.1) is 30.2 Å². The summed E-state index contributed by atoms with van der Waals surface area (Å²) in [7, 11) is 0. The van der Waals surface area contributed by atoms with Gasteiger partial charge in [0.1, 0.15) is 11.4 Å². The first-order valence-electron chi connectivity index (χ1n) is 18.0. The van der Waals surface area contributed by atoms with E-state index in [1.54, 1.807) is 12.1 Å². The van der Waals surface area contributed by atoms with E-state index in [9.17, 15) is 19.4 Å². The number of Topliss-reactive ketones (excluding diaryl/α,β-unsaturated/α-hetero) is 1. The number of hydrogen-bond donors (Lipinski definition) is 2. The molecule has 2 N–H and O–H groups in total. The van der Waals surface area contributed by atoms with Crippen LogP contribution in [0.2, 0.25) is 0 Å². The Hall–Kier alpha value is -3.17. The summed E-state index contributed by atoms with van der Waals surface area (Å²) in [4.78, 5) is 18.8. The van der Waals surface area contributed by atoms with Crippen molar-refractivity contribution in [1.82, 2.24) is 19.6 Å². The number of nitrogens with zero attached hydrogens (tertiary/aromatic N) is 4. The number of piperazine rings is 1. The largest absolute Gasteiger partial charge is 0.393 e. The quantitative estimate of drug-likeness (QED) is 0.362. The molecule has 8 rings (SSSR count). The number of fused-ring (bicyclic) bond motifs is 6. The SMILES string of the molecule is Cc1ccc(CN2CCN(CC(=O)[C@@]3(O)CCC4C5CCC6=Cc7c(cnn7-c7ccc(F)cc7)C[C@]6(C)C5[C@@H](O)C[C@@]43C)CC2)cc1. The van der Waals surface area contributed by atoms with Gasteiger partial charge in [-0.05, 0) is 110 Å². The number of carbonyl (C=O) groups excluding carboxylic acids is 1. The molecule has 0 amide bonds. The number of benzene rings is 2. The van der Waals surface area contributed by atoms with Crippen LogP contribution in [0, 0.1) is 41.3 Å². The van der Waals surface area contributed by atoms with Crippen LogP contribution in [0.25, 0.3) is 11.8 Å². The van der Waals surface area contributed by atoms with E-state index < -0.39 is 17.1 Å². The summed E-state index contributed by atoms with van der Waals surface area (Å²) in [5.41, 5.74) is 4.64. The number of ketones is 1. The topological polar surface area (TPSA) is 81.8 Å². The molecule has 4 aliphatic carbocycles. The Bertz CT molecular complexity index is 1730. The summed E-state index contributed by atoms with van der Waals surface area (Å²) in [5, 5.41) is 29.1. The summed E-state index contributed by atoms with van der Waals surface area (Å²) >= 11 is 0. The second kappa shape index (κ2) is 11.7. The molecule has 254 valence electrons. The van der Waals surface area contributed by atoms with E-state index in [1.807, 2.05) is 10.9 Å². The lowest BCUT2D eigenvalue weighted by molar-refractivity contribution is -0.180. The van der Waals surface area contributed by atoms with Crippen molar-refractivity contribution in [3.05, 3.63) is 88.5 Å². The molecule has 1 aromatic heterocycles. The molecule has 5 aliphatic rings. The first-order valence-corrected chi connectivity index (χ1v) is 18.0. The maximum absolute atomic E-state index is 14.1. The van der Waals surface area contributed by atoms with Crippen LogP contribution in [0.5, 0.6) is 0 Å². The molecule has 7 nitrogen and oxygen atoms in total. The Morgan fingerprint density at radius 2 is 1.71 bits per heavy atom. The Kier molecular flexibility index (Phi) is 7.83. The lowest BCUT2D eigenvalue weighted by Gasteiger charge is -2.60. The lowest BCUT2D eigenvalue weighted by atomic mass is 9.45. The van der Waals surface area contributed by atoms with E-state index in [4.69, 9.17) is 5.10 Å². The number of carbonyl (C=O) groups is 1. The minimum absolute atomic E-state index is 0.0527. The molecule has 3 unspecified atom stereocenters. The van der Waals surface area contributed by atoms with Crippen LogP contribution in [0.3, 0.4) is 0 Å². The van der Waals surface area contributed by atoms with E-state index in [-0.39, 0.29) is 41.3 Å². The number of aliphatic hydroxyl groups is 2. The van der Waals surface area contributed by atoms with Gasteiger partial charge in [0.25, 0.3) is 0 Å². The number of aryl methyl sites for hydroxylation is 1. The van der Waals surface area contributed by atoms with Crippen LogP contribution in [0.4, 0.5) is 4.39 Å². The van der Waals surface area contributed by atoms with Gasteiger partial charge in [-0.1, -0.05) is 49.2 Å². The molecular formula is C40H49FN4O3. The number of aromatic nitrogens is 2. The van der Waals surface area contributed by atoms with Crippen molar-refractivity contribution in [2.45, 2.75) is 77.5 Å². The fraction of sp³-hybridized carbons (Fsp3) is 0.550. The Morgan fingerprint density at radius 3 is 2.44 bits per heavy atom. The van der Waals surface area contributed by atoms with E-state index in [0.717, 1.165) is 75.4 Å². The van der Waals surface area contributed by atoms with Gasteiger partial charge in [0.15, 0.2) is 5.78 Å². The Balaban J connectivity index is 0.966. The molecule has 1 aliphatic heterocycles. The van der Waals surface area contributed by atoms with Crippen LogP contribution in [-0.2, 0) is 17.8 Å². The highest BCUT2D eigenvalue weighted by Gasteiger charge is 2.68. The third kappa shape index (κ3) is 5.05. The average molecular weight is 653 g/mol. The molecule has 8 heteroatoms. The molecule has 7 atom stereocenters. The summed E-state index contributed by atoms with van der Waals surface area (Å²) in [6, 6.07) is 15.1. The number of aliphatic hydroxyl groups excluding tert-OH is 1. The summed E-state index contributed by atoms with van der Waals surface area (Å²) < 4.78 is 15.5. The Labute approximate surface area is 283 Å². The van der Waals surface area contributed by atoms with Crippen LogP contribution >= 0.6 is 0 Å². The number of hydrogen-bond acceptors (Lipinski definition) is 6. The molecule has 2 heterocycles. The maximum Gasteiger partial charge on any atom is 0.178 e. The molecule has 3 aromatic rings. The zero-order valence-corrected chi connectivity index (χ0v) is 28.5. The van der Waals surface area contributed by atoms with Crippen LogP contribution in [0.15, 0.2) is 60.3 Å². The van der Waals surface area contributed by atoms with Crippen LogP contribution in [0.1, 0.15) is 68.3 Å². The summed E-state index contributed by atoms with van der Waals surface area (Å²) in [5.74, 6) is 0.144. The molecule has 48 heavy (non-hydrogen) atoms. The molecule has 3 saturated carbocycles. The average Bonchev–Trinajstić information content (AvgIpc) is 3.59. The minimum Gasteiger partial charge on any atom is -0.393 e. The van der Waals surface area contributed by atoms with Gasteiger partial charge in [-0.3, -0.25) is 14.6 Å². The van der Waals surface area contributed by atoms with E-state index in [1.165, 1.54) is 28.8 Å². The maximum atomic E-state index is 14.1. The predicted octanol–water partition coefficient (Wildman–Crippen LogP) is 5.59. The zero-order chi connectivity index (χ0) is 33.4. The fourth-order valence-corrected chi connectivity index (χ4v) is 10.8. The van der Waals surface area contributed by atoms with Crippen molar-refractivity contribution in [1.29, 1.82) is 0 Å². The second-order valence-electron chi connectivity index (χ2n) is 16.1. The molecule has 4 fully saturated rings. The fourth-order valence-electron chi connectivity index (χ4n) is 10.8. The van der Waals surface area contributed by atoms with Gasteiger partial charge < -0.3 is 10.2 Å². The highest BCUT2D eigenvalue weighted by atomic mass is 19.1. The third-order valence-corrected chi connectivity index (χ3v) is 13.5. The number of rotatable bonds is 6. The lowest BCUT2D eigenvalue weighted by Crippen LogP contribution is -2.63. The van der Waals surface area contributed by atoms with Gasteiger partial charge in [-0.2, -0.15) is 5.10 Å². The smallest absolute Gasteiger partial charge is 0.178 e. The van der Waals surface area contributed by atoms with E-state index in [0.29, 0.717) is 12.8 Å². The number of allylic oxidation sites excluding steroid dienone is 1. The van der Waals surface area contributed by atoms with Gasteiger partial charge in [0.2, 0.25) is 0 Å². The molecular weight excluding hydrogens is 603 g/mol. The third-order valence-electron chi connectivity index (χ3n) is 13.5. The van der Waals surface area contributed by atoms with Crippen molar-refractivity contribution >= 4 is 11.9 Å². The molecule has 0 spiro atoms. The molecule has 2 aromatic carbocycles. The van der Waals surface area contributed by atoms with Crippen molar-refractivity contribution in [3.63, 3.8) is 0 Å². The van der Waals surface area contributed by atoms with Crippen LogP contribution < -0.4 is 0 Å². The van der Waals surface area contributed by atoms with Gasteiger partial charge in [-0.15, -0.1) is 0 Å². The van der Waals surface area contributed by atoms with E-state index in [2.05, 4.69) is 60.9 Å². The molecule has 0 radical (unpaired) electrons. The van der Waals surface area contributed by atoms with Crippen molar-refractivity contribution in [2.24, 2.45) is 28.6 Å². The van der Waals surface area contributed by atoms with Gasteiger partial charge in [-0.25, -0.2) is 9.07 Å². The van der Waals surface area contributed by atoms with Crippen LogP contribution in [-0.4, -0.2) is 80.0 Å². The highest BCUT2D eigenvalue weighted by Crippen LogP contribution is 2.67. The van der Waals surface area contributed by atoms with Gasteiger partial charge in [0, 0.05) is 38.1 Å². The van der Waals surface area contributed by atoms with Crippen molar-refractivity contribution in [3.8, 4) is 5.69 Å². The van der Waals surface area contributed by atoms with E-state index >= 15 is 0 Å². The normalized spacial score (nSPS) is 34.9. The monoisotopic (exact) mass is 652 g/mol. The predicted molar refractivity (Wildman–Crippen MR) is 184 cm³/mol. The molecule has 1 saturated heterocycles. The van der Waals surface area contributed by atoms with Crippen molar-refractivity contribution < 1.29 is 19.4 Å².